The fourth-order valence-corrected chi connectivity index (χ4v) is 1.26. The lowest BCUT2D eigenvalue weighted by atomic mass is 10.1. The summed E-state index contributed by atoms with van der Waals surface area (Å²) < 4.78 is 17.6. The molecule has 0 aliphatic rings. The topological polar surface area (TPSA) is 9.23 Å². The highest BCUT2D eigenvalue weighted by Gasteiger charge is 1.96. The second-order valence-corrected chi connectivity index (χ2v) is 3.80. The minimum atomic E-state index is -0.730. The third-order valence-corrected chi connectivity index (χ3v) is 2.20. The summed E-state index contributed by atoms with van der Waals surface area (Å²) in [6.07, 6.45) is 6.98. The van der Waals surface area contributed by atoms with E-state index in [9.17, 15) is 4.39 Å². The Morgan fingerprint density at radius 3 is 2.36 bits per heavy atom. The zero-order valence-corrected chi connectivity index (χ0v) is 9.43. The first-order valence-corrected chi connectivity index (χ1v) is 5.78. The van der Waals surface area contributed by atoms with Gasteiger partial charge in [0.05, 0.1) is 6.17 Å². The molecular weight excluding hydrogens is 179 g/mol. The van der Waals surface area contributed by atoms with Gasteiger partial charge in [0.1, 0.15) is 0 Å². The highest BCUT2D eigenvalue weighted by atomic mass is 19.1. The molecule has 1 nitrogen and oxygen atoms in total. The number of ether oxygens (including phenoxy) is 1. The summed E-state index contributed by atoms with van der Waals surface area (Å²) in [5.41, 5.74) is 0. The van der Waals surface area contributed by atoms with Crippen LogP contribution in [0.4, 0.5) is 4.39 Å². The Bertz CT molecular complexity index is 104. The molecule has 0 aliphatic heterocycles. The second-order valence-electron chi connectivity index (χ2n) is 3.80. The zero-order valence-electron chi connectivity index (χ0n) is 9.43. The molecule has 0 N–H and O–H groups in total. The van der Waals surface area contributed by atoms with E-state index < -0.39 is 6.17 Å². The average molecular weight is 203 g/mol. The molecule has 0 aromatic carbocycles. The maximum absolute atomic E-state index is 12.3. The minimum absolute atomic E-state index is 0.529. The van der Waals surface area contributed by atoms with Crippen molar-refractivity contribution in [1.29, 1.82) is 0 Å². The van der Waals surface area contributed by atoms with E-state index in [1.54, 1.807) is 6.92 Å². The highest BCUT2D eigenvalue weighted by Crippen LogP contribution is 2.05. The Morgan fingerprint density at radius 1 is 1.07 bits per heavy atom. The molecule has 0 rings (SSSR count). The molecule has 2 heteroatoms. The van der Waals surface area contributed by atoms with Crippen LogP contribution in [0.5, 0.6) is 0 Å². The predicted octanol–water partition coefficient (Wildman–Crippen LogP) is 3.93. The first-order valence-electron chi connectivity index (χ1n) is 5.78. The van der Waals surface area contributed by atoms with Crippen molar-refractivity contribution < 1.29 is 9.13 Å². The summed E-state index contributed by atoms with van der Waals surface area (Å²) >= 11 is 0. The van der Waals surface area contributed by atoms with Crippen LogP contribution in [0.1, 0.15) is 51.9 Å². The van der Waals surface area contributed by atoms with Gasteiger partial charge in [0.2, 0.25) is 0 Å². The van der Waals surface area contributed by atoms with Crippen LogP contribution in [0.25, 0.3) is 0 Å². The van der Waals surface area contributed by atoms with Crippen LogP contribution in [-0.2, 0) is 4.74 Å². The first kappa shape index (κ1) is 13.9. The smallest absolute Gasteiger partial charge is 0.0995 e. The van der Waals surface area contributed by atoms with E-state index in [2.05, 4.69) is 6.92 Å². The fourth-order valence-electron chi connectivity index (χ4n) is 1.26. The van der Waals surface area contributed by atoms with Gasteiger partial charge in [-0.2, -0.15) is 0 Å². The molecule has 85 valence electrons. The number of alkyl halides is 1. The van der Waals surface area contributed by atoms with Gasteiger partial charge in [-0.1, -0.05) is 39.0 Å². The predicted molar refractivity (Wildman–Crippen MR) is 59.1 cm³/mol. The van der Waals surface area contributed by atoms with Crippen LogP contribution in [-0.4, -0.2) is 19.4 Å². The summed E-state index contributed by atoms with van der Waals surface area (Å²) in [6.45, 7) is 6.73. The molecule has 14 heavy (non-hydrogen) atoms. The first-order chi connectivity index (χ1) is 6.77. The van der Waals surface area contributed by atoms with E-state index >= 15 is 0 Å². The molecule has 0 heterocycles. The number of hydrogen-bond acceptors (Lipinski definition) is 1. The van der Waals surface area contributed by atoms with Gasteiger partial charge in [-0.3, -0.25) is 0 Å². The van der Waals surface area contributed by atoms with Gasteiger partial charge in [0.25, 0.3) is 0 Å². The highest BCUT2D eigenvalue weighted by molar-refractivity contribution is 4.47. The van der Waals surface area contributed by atoms with Crippen molar-refractivity contribution in [3.63, 3.8) is 0 Å². The quantitative estimate of drug-likeness (QED) is 0.489. The van der Waals surface area contributed by atoms with E-state index in [0.29, 0.717) is 13.0 Å². The Balaban J connectivity index is 2.85. The van der Waals surface area contributed by atoms with Crippen molar-refractivity contribution in [2.45, 2.75) is 58.0 Å². The molecule has 0 bridgehead atoms. The Kier molecular flexibility index (Phi) is 10.9. The van der Waals surface area contributed by atoms with Crippen molar-refractivity contribution in [1.82, 2.24) is 0 Å². The summed E-state index contributed by atoms with van der Waals surface area (Å²) in [7, 11) is 0. The van der Waals surface area contributed by atoms with Gasteiger partial charge in [-0.25, -0.2) is 4.39 Å². The van der Waals surface area contributed by atoms with Gasteiger partial charge in [0, 0.05) is 19.6 Å². The Hall–Kier alpha value is -0.110. The second kappa shape index (κ2) is 11.0. The third-order valence-electron chi connectivity index (χ3n) is 2.20. The van der Waals surface area contributed by atoms with Crippen molar-refractivity contribution in [2.24, 2.45) is 0 Å². The van der Waals surface area contributed by atoms with Crippen LogP contribution < -0.4 is 0 Å². The van der Waals surface area contributed by atoms with E-state index in [-0.39, 0.29) is 0 Å². The molecule has 0 fully saturated rings. The molecule has 0 amide bonds. The van der Waals surface area contributed by atoms with E-state index in [1.807, 2.05) is 0 Å². The molecule has 0 aromatic rings. The van der Waals surface area contributed by atoms with Gasteiger partial charge in [0.15, 0.2) is 0 Å². The van der Waals surface area contributed by atoms with Crippen LogP contribution >= 0.6 is 0 Å². The van der Waals surface area contributed by atoms with Gasteiger partial charge < -0.3 is 4.74 Å². The summed E-state index contributed by atoms with van der Waals surface area (Å²) in [5.74, 6) is 0. The normalized spacial score (nSPS) is 13.1. The summed E-state index contributed by atoms with van der Waals surface area (Å²) in [6, 6.07) is 0. The molecule has 0 saturated carbocycles. The average Bonchev–Trinajstić information content (AvgIpc) is 2.15. The maximum atomic E-state index is 12.3. The van der Waals surface area contributed by atoms with Crippen molar-refractivity contribution in [3.8, 4) is 0 Å². The van der Waals surface area contributed by atoms with Crippen LogP contribution in [0, 0.1) is 6.92 Å². The number of halogens is 1. The number of hydrogen-bond donors (Lipinski definition) is 0. The van der Waals surface area contributed by atoms with Gasteiger partial charge in [-0.15, -0.1) is 0 Å². The fraction of sp³-hybridized carbons (Fsp3) is 0.917. The van der Waals surface area contributed by atoms with Crippen LogP contribution in [0.2, 0.25) is 0 Å². The minimum Gasteiger partial charge on any atom is -0.381 e. The lowest BCUT2D eigenvalue weighted by Crippen LogP contribution is -2.02. The monoisotopic (exact) mass is 203 g/mol. The van der Waals surface area contributed by atoms with Gasteiger partial charge >= 0.3 is 0 Å². The molecule has 0 spiro atoms. The standard InChI is InChI=1S/C12H24FO/c1-3-4-5-6-7-8-10-14-11-9-12(2)13/h12H,1,3-11H2,2H3. The molecule has 1 unspecified atom stereocenters. The van der Waals surface area contributed by atoms with E-state index in [4.69, 9.17) is 4.74 Å². The molecule has 0 aliphatic carbocycles. The maximum Gasteiger partial charge on any atom is 0.0995 e. The van der Waals surface area contributed by atoms with Gasteiger partial charge in [-0.05, 0) is 13.3 Å². The molecular formula is C12H24FO. The van der Waals surface area contributed by atoms with Crippen LogP contribution in [0.15, 0.2) is 0 Å². The molecule has 1 radical (unpaired) electrons. The summed E-state index contributed by atoms with van der Waals surface area (Å²) in [4.78, 5) is 0. The van der Waals surface area contributed by atoms with Crippen molar-refractivity contribution in [3.05, 3.63) is 6.92 Å². The van der Waals surface area contributed by atoms with Crippen molar-refractivity contribution in [2.75, 3.05) is 13.2 Å². The van der Waals surface area contributed by atoms with E-state index in [0.717, 1.165) is 19.4 Å². The lowest BCUT2D eigenvalue weighted by molar-refractivity contribution is 0.111. The SMILES string of the molecule is [CH2]CCCCCCCOCCC(C)F. The van der Waals surface area contributed by atoms with Crippen molar-refractivity contribution >= 4 is 0 Å². The molecule has 0 saturated heterocycles. The lowest BCUT2D eigenvalue weighted by Gasteiger charge is -2.04. The largest absolute Gasteiger partial charge is 0.381 e. The Morgan fingerprint density at radius 2 is 1.71 bits per heavy atom. The summed E-state index contributed by atoms with van der Waals surface area (Å²) in [5, 5.41) is 0. The molecule has 0 aromatic heterocycles. The Labute approximate surface area is 88.0 Å². The van der Waals surface area contributed by atoms with Crippen LogP contribution in [0.3, 0.4) is 0 Å². The zero-order chi connectivity index (χ0) is 10.6. The third kappa shape index (κ3) is 11.9. The number of unbranched alkanes of at least 4 members (excludes halogenated alkanes) is 5. The van der Waals surface area contributed by atoms with E-state index in [1.165, 1.54) is 25.7 Å². The molecule has 1 atom stereocenters. The number of rotatable bonds is 10.